The zero-order valence-corrected chi connectivity index (χ0v) is 12.9. The van der Waals surface area contributed by atoms with Crippen molar-refractivity contribution in [1.29, 1.82) is 0 Å². The molecule has 1 aliphatic rings. The Balaban J connectivity index is 1.87. The highest BCUT2D eigenvalue weighted by Crippen LogP contribution is 2.22. The van der Waals surface area contributed by atoms with Crippen molar-refractivity contribution in [2.75, 3.05) is 32.1 Å². The molecule has 1 aliphatic heterocycles. The van der Waals surface area contributed by atoms with Crippen LogP contribution in [-0.4, -0.2) is 44.9 Å². The van der Waals surface area contributed by atoms with Crippen LogP contribution in [0.5, 0.6) is 0 Å². The fourth-order valence-corrected chi connectivity index (χ4v) is 4.01. The summed E-state index contributed by atoms with van der Waals surface area (Å²) in [6, 6.07) is 3.23. The Morgan fingerprint density at radius 3 is 2.89 bits per heavy atom. The Labute approximate surface area is 118 Å². The topological polar surface area (TPSA) is 62.6 Å². The maximum atomic E-state index is 11.8. The maximum absolute atomic E-state index is 11.8. The maximum Gasteiger partial charge on any atom is 0.275 e. The first-order valence-corrected chi connectivity index (χ1v) is 8.89. The van der Waals surface area contributed by atoms with Crippen LogP contribution in [0.4, 0.5) is 0 Å². The molecule has 0 aromatic carbocycles. The van der Waals surface area contributed by atoms with Crippen molar-refractivity contribution in [3.05, 3.63) is 17.9 Å². The third-order valence-corrected chi connectivity index (χ3v) is 6.05. The molecule has 2 rings (SSSR count). The quantitative estimate of drug-likeness (QED) is 0.860. The highest BCUT2D eigenvalue weighted by molar-refractivity contribution is 7.99. The molecule has 1 fully saturated rings. The standard InChI is InChI=1S/C12H20N2O3S2/c1-14(2)19(15,16)12-4-3-11(17-12)8-13-7-10-5-6-18-9-10/h3-4,10,13H,5-9H2,1-2H3. The van der Waals surface area contributed by atoms with Crippen LogP contribution in [0.25, 0.3) is 0 Å². The monoisotopic (exact) mass is 304 g/mol. The number of nitrogens with one attached hydrogen (secondary N) is 1. The van der Waals surface area contributed by atoms with E-state index in [1.165, 1.54) is 38.1 Å². The van der Waals surface area contributed by atoms with Gasteiger partial charge >= 0.3 is 0 Å². The molecule has 1 saturated heterocycles. The minimum atomic E-state index is -3.46. The van der Waals surface area contributed by atoms with E-state index in [1.807, 2.05) is 11.8 Å². The zero-order valence-electron chi connectivity index (χ0n) is 11.3. The Morgan fingerprint density at radius 2 is 2.26 bits per heavy atom. The normalized spacial score (nSPS) is 20.3. The molecule has 108 valence electrons. The summed E-state index contributed by atoms with van der Waals surface area (Å²) >= 11 is 1.99. The predicted molar refractivity (Wildman–Crippen MR) is 76.7 cm³/mol. The van der Waals surface area contributed by atoms with Crippen LogP contribution in [0.15, 0.2) is 21.6 Å². The molecule has 0 aliphatic carbocycles. The Morgan fingerprint density at radius 1 is 1.47 bits per heavy atom. The molecule has 1 N–H and O–H groups in total. The highest BCUT2D eigenvalue weighted by atomic mass is 32.2. The summed E-state index contributed by atoms with van der Waals surface area (Å²) < 4.78 is 30.2. The van der Waals surface area contributed by atoms with Crippen molar-refractivity contribution in [3.63, 3.8) is 0 Å². The van der Waals surface area contributed by atoms with Gasteiger partial charge in [-0.25, -0.2) is 12.7 Å². The number of thioether (sulfide) groups is 1. The number of rotatable bonds is 6. The van der Waals surface area contributed by atoms with E-state index in [2.05, 4.69) is 5.32 Å². The first kappa shape index (κ1) is 14.9. The van der Waals surface area contributed by atoms with Crippen molar-refractivity contribution in [2.45, 2.75) is 18.1 Å². The molecule has 5 nitrogen and oxygen atoms in total. The molecule has 0 spiro atoms. The van der Waals surface area contributed by atoms with Crippen molar-refractivity contribution in [1.82, 2.24) is 9.62 Å². The van der Waals surface area contributed by atoms with E-state index in [0.29, 0.717) is 12.3 Å². The van der Waals surface area contributed by atoms with Crippen LogP contribution in [-0.2, 0) is 16.6 Å². The van der Waals surface area contributed by atoms with Gasteiger partial charge in [0.2, 0.25) is 5.09 Å². The van der Waals surface area contributed by atoms with Crippen LogP contribution in [0.3, 0.4) is 0 Å². The lowest BCUT2D eigenvalue weighted by atomic mass is 10.1. The van der Waals surface area contributed by atoms with Gasteiger partial charge in [0.25, 0.3) is 10.0 Å². The molecular weight excluding hydrogens is 284 g/mol. The molecule has 2 heterocycles. The summed E-state index contributed by atoms with van der Waals surface area (Å²) in [5.74, 6) is 3.85. The van der Waals surface area contributed by atoms with E-state index >= 15 is 0 Å². The zero-order chi connectivity index (χ0) is 13.9. The van der Waals surface area contributed by atoms with E-state index in [1.54, 1.807) is 6.07 Å². The second-order valence-electron chi connectivity index (χ2n) is 4.87. The minimum Gasteiger partial charge on any atom is -0.447 e. The summed E-state index contributed by atoms with van der Waals surface area (Å²) in [7, 11) is -0.474. The predicted octanol–water partition coefficient (Wildman–Crippen LogP) is 1.37. The molecule has 1 aromatic heterocycles. The minimum absolute atomic E-state index is 0.00530. The summed E-state index contributed by atoms with van der Waals surface area (Å²) in [6.07, 6.45) is 1.26. The first-order valence-electron chi connectivity index (χ1n) is 6.30. The highest BCUT2D eigenvalue weighted by Gasteiger charge is 2.21. The van der Waals surface area contributed by atoms with Gasteiger partial charge in [0, 0.05) is 14.1 Å². The van der Waals surface area contributed by atoms with Gasteiger partial charge in [-0.3, -0.25) is 0 Å². The molecule has 7 heteroatoms. The van der Waals surface area contributed by atoms with Gasteiger partial charge < -0.3 is 9.73 Å². The summed E-state index contributed by atoms with van der Waals surface area (Å²) in [5, 5.41) is 3.33. The molecule has 0 radical (unpaired) electrons. The van der Waals surface area contributed by atoms with Crippen LogP contribution < -0.4 is 5.32 Å². The first-order chi connectivity index (χ1) is 9.00. The number of hydrogen-bond donors (Lipinski definition) is 1. The van der Waals surface area contributed by atoms with Crippen molar-refractivity contribution >= 4 is 21.8 Å². The van der Waals surface area contributed by atoms with Crippen LogP contribution >= 0.6 is 11.8 Å². The fourth-order valence-electron chi connectivity index (χ4n) is 1.92. The average molecular weight is 304 g/mol. The Kier molecular flexibility index (Phi) is 4.94. The molecule has 1 aromatic rings. The summed E-state index contributed by atoms with van der Waals surface area (Å²) in [6.45, 7) is 1.54. The average Bonchev–Trinajstić information content (AvgIpc) is 2.99. The Bertz CT molecular complexity index is 505. The van der Waals surface area contributed by atoms with Crippen molar-refractivity contribution in [3.8, 4) is 0 Å². The van der Waals surface area contributed by atoms with Gasteiger partial charge in [-0.15, -0.1) is 0 Å². The second-order valence-corrected chi connectivity index (χ2v) is 8.10. The lowest BCUT2D eigenvalue weighted by Gasteiger charge is -2.09. The molecule has 1 unspecified atom stereocenters. The van der Waals surface area contributed by atoms with Crippen LogP contribution in [0, 0.1) is 5.92 Å². The van der Waals surface area contributed by atoms with Crippen LogP contribution in [0.2, 0.25) is 0 Å². The molecule has 0 saturated carbocycles. The van der Waals surface area contributed by atoms with Gasteiger partial charge in [-0.2, -0.15) is 11.8 Å². The molecule has 0 bridgehead atoms. The van der Waals surface area contributed by atoms with Crippen molar-refractivity contribution in [2.24, 2.45) is 5.92 Å². The second kappa shape index (κ2) is 6.30. The van der Waals surface area contributed by atoms with E-state index in [-0.39, 0.29) is 5.09 Å². The SMILES string of the molecule is CN(C)S(=O)(=O)c1ccc(CNCC2CCSC2)o1. The number of sulfonamides is 1. The number of furan rings is 1. The van der Waals surface area contributed by atoms with E-state index < -0.39 is 10.0 Å². The molecule has 19 heavy (non-hydrogen) atoms. The smallest absolute Gasteiger partial charge is 0.275 e. The summed E-state index contributed by atoms with van der Waals surface area (Å²) in [4.78, 5) is 0. The van der Waals surface area contributed by atoms with Gasteiger partial charge in [0.05, 0.1) is 6.54 Å². The molecular formula is C12H20N2O3S2. The largest absolute Gasteiger partial charge is 0.447 e. The van der Waals surface area contributed by atoms with Crippen molar-refractivity contribution < 1.29 is 12.8 Å². The van der Waals surface area contributed by atoms with Gasteiger partial charge in [0.1, 0.15) is 5.76 Å². The third-order valence-electron chi connectivity index (χ3n) is 3.13. The molecule has 1 atom stereocenters. The van der Waals surface area contributed by atoms with E-state index in [9.17, 15) is 8.42 Å². The van der Waals surface area contributed by atoms with E-state index in [4.69, 9.17) is 4.42 Å². The van der Waals surface area contributed by atoms with Crippen LogP contribution in [0.1, 0.15) is 12.2 Å². The third kappa shape index (κ3) is 3.75. The van der Waals surface area contributed by atoms with Gasteiger partial charge in [0.15, 0.2) is 0 Å². The van der Waals surface area contributed by atoms with Gasteiger partial charge in [-0.05, 0) is 42.5 Å². The fraction of sp³-hybridized carbons (Fsp3) is 0.667. The molecule has 0 amide bonds. The Hall–Kier alpha value is -0.500. The number of nitrogens with zero attached hydrogens (tertiary/aromatic N) is 1. The van der Waals surface area contributed by atoms with Gasteiger partial charge in [-0.1, -0.05) is 0 Å². The lowest BCUT2D eigenvalue weighted by molar-refractivity contribution is 0.384. The summed E-state index contributed by atoms with van der Waals surface area (Å²) in [5.41, 5.74) is 0. The number of hydrogen-bond acceptors (Lipinski definition) is 5. The lowest BCUT2D eigenvalue weighted by Crippen LogP contribution is -2.22. The van der Waals surface area contributed by atoms with E-state index in [0.717, 1.165) is 16.8 Å².